The SMILES string of the molecule is CCNC(Cc1cccc(Br)c1)C1(C)CC1. The van der Waals surface area contributed by atoms with Crippen LogP contribution in [0.25, 0.3) is 0 Å². The van der Waals surface area contributed by atoms with Crippen LogP contribution in [0.15, 0.2) is 28.7 Å². The average molecular weight is 282 g/mol. The molecule has 1 aliphatic carbocycles. The van der Waals surface area contributed by atoms with Crippen LogP contribution in [-0.4, -0.2) is 12.6 Å². The van der Waals surface area contributed by atoms with Crippen molar-refractivity contribution < 1.29 is 0 Å². The van der Waals surface area contributed by atoms with E-state index < -0.39 is 0 Å². The molecule has 1 nitrogen and oxygen atoms in total. The van der Waals surface area contributed by atoms with Gasteiger partial charge < -0.3 is 5.32 Å². The first kappa shape index (κ1) is 12.1. The second-order valence-corrected chi connectivity index (χ2v) is 6.01. The summed E-state index contributed by atoms with van der Waals surface area (Å²) < 4.78 is 1.18. The Hall–Kier alpha value is -0.340. The molecule has 1 fully saturated rings. The van der Waals surface area contributed by atoms with Crippen molar-refractivity contribution in [2.24, 2.45) is 5.41 Å². The molecule has 0 aromatic heterocycles. The number of hydrogen-bond acceptors (Lipinski definition) is 1. The van der Waals surface area contributed by atoms with Crippen LogP contribution in [-0.2, 0) is 6.42 Å². The molecular weight excluding hydrogens is 262 g/mol. The molecule has 0 saturated heterocycles. The van der Waals surface area contributed by atoms with E-state index in [4.69, 9.17) is 0 Å². The van der Waals surface area contributed by atoms with Crippen molar-refractivity contribution in [3.05, 3.63) is 34.3 Å². The third kappa shape index (κ3) is 2.86. The molecule has 2 heteroatoms. The van der Waals surface area contributed by atoms with E-state index in [1.165, 1.54) is 22.9 Å². The summed E-state index contributed by atoms with van der Waals surface area (Å²) in [5.74, 6) is 0. The third-order valence-corrected chi connectivity index (χ3v) is 4.15. The van der Waals surface area contributed by atoms with Gasteiger partial charge in [0.15, 0.2) is 0 Å². The maximum atomic E-state index is 3.64. The van der Waals surface area contributed by atoms with Gasteiger partial charge in [0.2, 0.25) is 0 Å². The van der Waals surface area contributed by atoms with Crippen LogP contribution < -0.4 is 5.32 Å². The van der Waals surface area contributed by atoms with Crippen LogP contribution in [0.2, 0.25) is 0 Å². The maximum Gasteiger partial charge on any atom is 0.0178 e. The molecule has 2 rings (SSSR count). The van der Waals surface area contributed by atoms with Crippen molar-refractivity contribution in [2.45, 2.75) is 39.2 Å². The first-order valence-corrected chi connectivity index (χ1v) is 6.91. The Morgan fingerprint density at radius 2 is 2.19 bits per heavy atom. The van der Waals surface area contributed by atoms with E-state index in [1.54, 1.807) is 0 Å². The molecule has 1 aromatic carbocycles. The fourth-order valence-corrected chi connectivity index (χ4v) is 2.70. The van der Waals surface area contributed by atoms with Gasteiger partial charge in [0.25, 0.3) is 0 Å². The van der Waals surface area contributed by atoms with Gasteiger partial charge in [-0.2, -0.15) is 0 Å². The molecular formula is C14H20BrN. The lowest BCUT2D eigenvalue weighted by Gasteiger charge is -2.24. The number of likely N-dealkylation sites (N-methyl/N-ethyl adjacent to an activating group) is 1. The summed E-state index contributed by atoms with van der Waals surface area (Å²) in [5.41, 5.74) is 1.96. The minimum Gasteiger partial charge on any atom is -0.313 e. The van der Waals surface area contributed by atoms with E-state index in [1.807, 2.05) is 0 Å². The first-order chi connectivity index (χ1) is 7.64. The Bertz CT molecular complexity index is 358. The molecule has 0 bridgehead atoms. The minimum absolute atomic E-state index is 0.540. The normalized spacial score (nSPS) is 19.4. The van der Waals surface area contributed by atoms with Crippen LogP contribution in [0.4, 0.5) is 0 Å². The predicted molar refractivity (Wildman–Crippen MR) is 72.7 cm³/mol. The van der Waals surface area contributed by atoms with Crippen molar-refractivity contribution >= 4 is 15.9 Å². The summed E-state index contributed by atoms with van der Waals surface area (Å²) in [4.78, 5) is 0. The van der Waals surface area contributed by atoms with Gasteiger partial charge in [0.05, 0.1) is 0 Å². The maximum absolute atomic E-state index is 3.64. The van der Waals surface area contributed by atoms with E-state index in [2.05, 4.69) is 59.4 Å². The zero-order valence-corrected chi connectivity index (χ0v) is 11.7. The monoisotopic (exact) mass is 281 g/mol. The molecule has 1 aromatic rings. The van der Waals surface area contributed by atoms with Crippen LogP contribution >= 0.6 is 15.9 Å². The molecule has 0 amide bonds. The van der Waals surface area contributed by atoms with Crippen molar-refractivity contribution in [3.63, 3.8) is 0 Å². The lowest BCUT2D eigenvalue weighted by molar-refractivity contribution is 0.360. The van der Waals surface area contributed by atoms with E-state index in [9.17, 15) is 0 Å². The highest BCUT2D eigenvalue weighted by molar-refractivity contribution is 9.10. The Labute approximate surface area is 107 Å². The fraction of sp³-hybridized carbons (Fsp3) is 0.571. The lowest BCUT2D eigenvalue weighted by Crippen LogP contribution is -2.37. The quantitative estimate of drug-likeness (QED) is 0.867. The van der Waals surface area contributed by atoms with Gasteiger partial charge in [-0.3, -0.25) is 0 Å². The summed E-state index contributed by atoms with van der Waals surface area (Å²) in [6.45, 7) is 5.66. The number of nitrogens with one attached hydrogen (secondary N) is 1. The van der Waals surface area contributed by atoms with Crippen LogP contribution in [0.5, 0.6) is 0 Å². The van der Waals surface area contributed by atoms with Gasteiger partial charge in [-0.1, -0.05) is 41.9 Å². The topological polar surface area (TPSA) is 12.0 Å². The highest BCUT2D eigenvalue weighted by Crippen LogP contribution is 2.48. The fourth-order valence-electron chi connectivity index (χ4n) is 2.26. The third-order valence-electron chi connectivity index (χ3n) is 3.66. The van der Waals surface area contributed by atoms with E-state index in [-0.39, 0.29) is 0 Å². The summed E-state index contributed by atoms with van der Waals surface area (Å²) >= 11 is 3.54. The molecule has 1 aliphatic rings. The van der Waals surface area contributed by atoms with Crippen molar-refractivity contribution in [2.75, 3.05) is 6.54 Å². The molecule has 1 atom stereocenters. The molecule has 16 heavy (non-hydrogen) atoms. The van der Waals surface area contributed by atoms with Crippen LogP contribution in [0, 0.1) is 5.41 Å². The van der Waals surface area contributed by atoms with Crippen LogP contribution in [0.3, 0.4) is 0 Å². The zero-order valence-electron chi connectivity index (χ0n) is 10.1. The number of rotatable bonds is 5. The Balaban J connectivity index is 2.05. The van der Waals surface area contributed by atoms with Crippen LogP contribution in [0.1, 0.15) is 32.3 Å². The smallest absolute Gasteiger partial charge is 0.0178 e. The highest BCUT2D eigenvalue weighted by Gasteiger charge is 2.44. The Kier molecular flexibility index (Phi) is 3.70. The van der Waals surface area contributed by atoms with Gasteiger partial charge in [-0.05, 0) is 48.9 Å². The molecule has 1 unspecified atom stereocenters. The van der Waals surface area contributed by atoms with Gasteiger partial charge in [0, 0.05) is 10.5 Å². The molecule has 0 aliphatic heterocycles. The molecule has 1 N–H and O–H groups in total. The van der Waals surface area contributed by atoms with E-state index >= 15 is 0 Å². The minimum atomic E-state index is 0.540. The Morgan fingerprint density at radius 1 is 1.44 bits per heavy atom. The highest BCUT2D eigenvalue weighted by atomic mass is 79.9. The van der Waals surface area contributed by atoms with Crippen molar-refractivity contribution in [1.29, 1.82) is 0 Å². The molecule has 0 spiro atoms. The summed E-state index contributed by atoms with van der Waals surface area (Å²) in [6, 6.07) is 9.30. The summed E-state index contributed by atoms with van der Waals surface area (Å²) in [5, 5.41) is 3.64. The molecule has 1 saturated carbocycles. The number of hydrogen-bond donors (Lipinski definition) is 1. The number of halogens is 1. The van der Waals surface area contributed by atoms with Gasteiger partial charge in [-0.25, -0.2) is 0 Å². The zero-order chi connectivity index (χ0) is 11.6. The van der Waals surface area contributed by atoms with Gasteiger partial charge >= 0.3 is 0 Å². The second kappa shape index (κ2) is 4.89. The lowest BCUT2D eigenvalue weighted by atomic mass is 9.92. The largest absolute Gasteiger partial charge is 0.313 e. The van der Waals surface area contributed by atoms with Gasteiger partial charge in [-0.15, -0.1) is 0 Å². The summed E-state index contributed by atoms with van der Waals surface area (Å²) in [7, 11) is 0. The van der Waals surface area contributed by atoms with E-state index in [0.717, 1.165) is 13.0 Å². The predicted octanol–water partition coefficient (Wildman–Crippen LogP) is 3.77. The summed E-state index contributed by atoms with van der Waals surface area (Å²) in [6.07, 6.45) is 3.89. The molecule has 0 heterocycles. The first-order valence-electron chi connectivity index (χ1n) is 6.12. The molecule has 0 radical (unpaired) electrons. The Morgan fingerprint density at radius 3 is 2.75 bits per heavy atom. The standard InChI is InChI=1S/C14H20BrN/c1-3-16-13(14(2)7-8-14)10-11-5-4-6-12(15)9-11/h4-6,9,13,16H,3,7-8,10H2,1-2H3. The second-order valence-electron chi connectivity index (χ2n) is 5.10. The number of benzene rings is 1. The molecule has 88 valence electrons. The van der Waals surface area contributed by atoms with Gasteiger partial charge in [0.1, 0.15) is 0 Å². The average Bonchev–Trinajstić information content (AvgIpc) is 2.97. The van der Waals surface area contributed by atoms with Crippen molar-refractivity contribution in [3.8, 4) is 0 Å². The van der Waals surface area contributed by atoms with Crippen molar-refractivity contribution in [1.82, 2.24) is 5.32 Å². The van der Waals surface area contributed by atoms with E-state index in [0.29, 0.717) is 11.5 Å².